The van der Waals surface area contributed by atoms with E-state index in [9.17, 15) is 9.90 Å². The molecule has 0 saturated carbocycles. The number of carbonyl (C=O) groups excluding carboxylic acids is 1. The lowest BCUT2D eigenvalue weighted by molar-refractivity contribution is -0.182. The molecule has 0 radical (unpaired) electrons. The van der Waals surface area contributed by atoms with Crippen LogP contribution in [0.4, 0.5) is 0 Å². The third kappa shape index (κ3) is 5.21. The fraction of sp³-hybridized carbons (Fsp3) is 0.850. The molecular weight excluding hydrogens is 332 g/mol. The lowest BCUT2D eigenvalue weighted by Crippen LogP contribution is -2.49. The zero-order valence-electron chi connectivity index (χ0n) is 17.0. The summed E-state index contributed by atoms with van der Waals surface area (Å²) in [6, 6.07) is 0. The zero-order chi connectivity index (χ0) is 19.3. The van der Waals surface area contributed by atoms with Crippen LogP contribution in [0.5, 0.6) is 0 Å². The molecule has 0 unspecified atom stereocenters. The van der Waals surface area contributed by atoms with Crippen molar-refractivity contribution in [2.75, 3.05) is 46.4 Å². The second kappa shape index (κ2) is 9.20. The number of nitrogens with zero attached hydrogens (tertiary/aromatic N) is 2. The first-order valence-electron chi connectivity index (χ1n) is 9.86. The minimum Gasteiger partial charge on any atom is -0.459 e. The maximum Gasteiger partial charge on any atom is 0.288 e. The van der Waals surface area contributed by atoms with Crippen molar-refractivity contribution in [1.29, 1.82) is 0 Å². The maximum atomic E-state index is 13.0. The fourth-order valence-electron chi connectivity index (χ4n) is 3.85. The normalized spacial score (nSPS) is 27.8. The Balaban J connectivity index is 2.24. The molecule has 0 aromatic heterocycles. The second-order valence-corrected chi connectivity index (χ2v) is 8.49. The number of allylic oxidation sites excluding steroid dienone is 1. The monoisotopic (exact) mass is 368 g/mol. The van der Waals surface area contributed by atoms with Gasteiger partial charge in [-0.2, -0.15) is 0 Å². The molecule has 1 amide bonds. The van der Waals surface area contributed by atoms with Gasteiger partial charge in [0.25, 0.3) is 5.91 Å². The number of likely N-dealkylation sites (N-methyl/N-ethyl adjacent to an activating group) is 1. The molecule has 1 N–H and O–H groups in total. The predicted octanol–water partition coefficient (Wildman–Crippen LogP) is 2.09. The van der Waals surface area contributed by atoms with Gasteiger partial charge in [-0.15, -0.1) is 0 Å². The van der Waals surface area contributed by atoms with Crippen molar-refractivity contribution in [1.82, 2.24) is 9.80 Å². The van der Waals surface area contributed by atoms with E-state index in [0.717, 1.165) is 32.6 Å². The molecular formula is C20H36N2O4. The van der Waals surface area contributed by atoms with E-state index in [0.29, 0.717) is 18.8 Å². The van der Waals surface area contributed by atoms with Crippen LogP contribution < -0.4 is 0 Å². The molecule has 6 nitrogen and oxygen atoms in total. The molecule has 6 heteroatoms. The van der Waals surface area contributed by atoms with Crippen LogP contribution in [0.2, 0.25) is 0 Å². The molecule has 2 rings (SSSR count). The summed E-state index contributed by atoms with van der Waals surface area (Å²) in [4.78, 5) is 17.1. The molecule has 26 heavy (non-hydrogen) atoms. The summed E-state index contributed by atoms with van der Waals surface area (Å²) < 4.78 is 11.9. The molecule has 1 fully saturated rings. The van der Waals surface area contributed by atoms with Gasteiger partial charge in [0, 0.05) is 45.3 Å². The number of aliphatic hydroxyl groups is 1. The molecule has 2 heterocycles. The molecule has 2 aliphatic rings. The first-order chi connectivity index (χ1) is 12.3. The van der Waals surface area contributed by atoms with Crippen LogP contribution in [-0.2, 0) is 14.3 Å². The molecule has 2 aliphatic heterocycles. The molecule has 0 aromatic rings. The van der Waals surface area contributed by atoms with Crippen molar-refractivity contribution in [3.63, 3.8) is 0 Å². The largest absolute Gasteiger partial charge is 0.459 e. The van der Waals surface area contributed by atoms with Gasteiger partial charge in [0.15, 0.2) is 5.76 Å². The van der Waals surface area contributed by atoms with Gasteiger partial charge in [-0.1, -0.05) is 20.8 Å². The smallest absolute Gasteiger partial charge is 0.288 e. The van der Waals surface area contributed by atoms with Crippen LogP contribution in [-0.4, -0.2) is 73.5 Å². The van der Waals surface area contributed by atoms with E-state index in [4.69, 9.17) is 9.47 Å². The van der Waals surface area contributed by atoms with Gasteiger partial charge in [-0.05, 0) is 44.2 Å². The first kappa shape index (κ1) is 21.2. The van der Waals surface area contributed by atoms with Crippen molar-refractivity contribution >= 4 is 5.91 Å². The van der Waals surface area contributed by atoms with E-state index in [1.165, 1.54) is 0 Å². The van der Waals surface area contributed by atoms with Crippen LogP contribution in [0, 0.1) is 17.3 Å². The highest BCUT2D eigenvalue weighted by Gasteiger charge is 2.42. The van der Waals surface area contributed by atoms with Crippen LogP contribution in [0.1, 0.15) is 40.5 Å². The van der Waals surface area contributed by atoms with Crippen LogP contribution in [0.15, 0.2) is 11.8 Å². The van der Waals surface area contributed by atoms with E-state index in [1.54, 1.807) is 0 Å². The van der Waals surface area contributed by atoms with Gasteiger partial charge in [0.1, 0.15) is 0 Å². The van der Waals surface area contributed by atoms with Gasteiger partial charge in [0.2, 0.25) is 6.29 Å². The lowest BCUT2D eigenvalue weighted by atomic mass is 9.70. The number of amides is 1. The predicted molar refractivity (Wildman–Crippen MR) is 101 cm³/mol. The summed E-state index contributed by atoms with van der Waals surface area (Å²) in [5.41, 5.74) is -0.0209. The van der Waals surface area contributed by atoms with Gasteiger partial charge < -0.3 is 24.4 Å². The summed E-state index contributed by atoms with van der Waals surface area (Å²) in [6.45, 7) is 12.4. The molecule has 1 saturated heterocycles. The number of ether oxygens (including phenoxy) is 2. The molecule has 150 valence electrons. The average molecular weight is 369 g/mol. The van der Waals surface area contributed by atoms with Crippen molar-refractivity contribution in [3.8, 4) is 0 Å². The third-order valence-corrected chi connectivity index (χ3v) is 5.41. The molecule has 3 atom stereocenters. The quantitative estimate of drug-likeness (QED) is 0.778. The summed E-state index contributed by atoms with van der Waals surface area (Å²) >= 11 is 0. The number of carbonyl (C=O) groups is 1. The Kier molecular flexibility index (Phi) is 7.50. The summed E-state index contributed by atoms with van der Waals surface area (Å²) in [7, 11) is 2.07. The Bertz CT molecular complexity index is 493. The minimum absolute atomic E-state index is 0.0209. The van der Waals surface area contributed by atoms with Crippen LogP contribution in [0.3, 0.4) is 0 Å². The molecule has 0 bridgehead atoms. The van der Waals surface area contributed by atoms with Crippen LogP contribution >= 0.6 is 0 Å². The summed E-state index contributed by atoms with van der Waals surface area (Å²) in [6.07, 6.45) is 3.10. The number of hydrogen-bond donors (Lipinski definition) is 1. The Hall–Kier alpha value is -1.11. The second-order valence-electron chi connectivity index (χ2n) is 8.49. The van der Waals surface area contributed by atoms with Gasteiger partial charge in [-0.3, -0.25) is 4.79 Å². The molecule has 0 spiro atoms. The van der Waals surface area contributed by atoms with Crippen molar-refractivity contribution in [2.45, 2.75) is 46.8 Å². The van der Waals surface area contributed by atoms with E-state index >= 15 is 0 Å². The highest BCUT2D eigenvalue weighted by atomic mass is 16.7. The average Bonchev–Trinajstić information content (AvgIpc) is 2.59. The molecule has 0 aliphatic carbocycles. The zero-order valence-corrected chi connectivity index (χ0v) is 17.0. The van der Waals surface area contributed by atoms with Crippen molar-refractivity contribution in [3.05, 3.63) is 11.8 Å². The van der Waals surface area contributed by atoms with Crippen LogP contribution in [0.25, 0.3) is 0 Å². The fourth-order valence-corrected chi connectivity index (χ4v) is 3.85. The number of piperazine rings is 1. The van der Waals surface area contributed by atoms with Gasteiger partial charge in [0.05, 0.1) is 0 Å². The summed E-state index contributed by atoms with van der Waals surface area (Å²) in [5, 5.41) is 9.27. The van der Waals surface area contributed by atoms with E-state index in [-0.39, 0.29) is 29.8 Å². The Labute approximate surface area is 158 Å². The lowest BCUT2D eigenvalue weighted by Gasteiger charge is -2.43. The third-order valence-electron chi connectivity index (χ3n) is 5.41. The topological polar surface area (TPSA) is 62.2 Å². The Morgan fingerprint density at radius 2 is 1.96 bits per heavy atom. The highest BCUT2D eigenvalue weighted by molar-refractivity contribution is 5.91. The molecule has 0 aromatic carbocycles. The van der Waals surface area contributed by atoms with Gasteiger partial charge >= 0.3 is 0 Å². The maximum absolute atomic E-state index is 13.0. The standard InChI is InChI=1S/C20H36N2O4/c1-6-25-19-15(8-7-13-23)16(20(2,3)4)14-17(26-19)18(24)22-11-9-21(5)10-12-22/h14-16,19,23H,6-13H2,1-5H3/t15-,16-,19+/m0/s1. The highest BCUT2D eigenvalue weighted by Crippen LogP contribution is 2.42. The van der Waals surface area contributed by atoms with Crippen molar-refractivity contribution < 1.29 is 19.4 Å². The van der Waals surface area contributed by atoms with E-state index in [1.807, 2.05) is 17.9 Å². The Morgan fingerprint density at radius 3 is 2.50 bits per heavy atom. The van der Waals surface area contributed by atoms with E-state index in [2.05, 4.69) is 32.7 Å². The minimum atomic E-state index is -0.438. The SMILES string of the molecule is CCO[C@@H]1OC(C(=O)N2CCN(C)CC2)=C[C@H](C(C)(C)C)[C@@H]1CCCO. The number of aliphatic hydroxyl groups excluding tert-OH is 1. The number of hydrogen-bond acceptors (Lipinski definition) is 5. The van der Waals surface area contributed by atoms with E-state index < -0.39 is 6.29 Å². The Morgan fingerprint density at radius 1 is 1.31 bits per heavy atom. The number of rotatable bonds is 6. The summed E-state index contributed by atoms with van der Waals surface area (Å²) in [5.74, 6) is 0.683. The first-order valence-corrected chi connectivity index (χ1v) is 9.86. The van der Waals surface area contributed by atoms with Gasteiger partial charge in [-0.25, -0.2) is 0 Å². The van der Waals surface area contributed by atoms with Crippen molar-refractivity contribution in [2.24, 2.45) is 17.3 Å².